The Balaban J connectivity index is 2.48. The van der Waals surface area contributed by atoms with Crippen LogP contribution in [-0.4, -0.2) is 11.7 Å². The highest BCUT2D eigenvalue weighted by Crippen LogP contribution is 2.22. The van der Waals surface area contributed by atoms with Gasteiger partial charge in [-0.2, -0.15) is 0 Å². The van der Waals surface area contributed by atoms with Crippen molar-refractivity contribution in [3.63, 3.8) is 0 Å². The van der Waals surface area contributed by atoms with Crippen LogP contribution < -0.4 is 5.32 Å². The van der Waals surface area contributed by atoms with Crippen molar-refractivity contribution in [2.24, 2.45) is 0 Å². The number of anilines is 1. The van der Waals surface area contributed by atoms with Gasteiger partial charge in [0.15, 0.2) is 5.78 Å². The van der Waals surface area contributed by atoms with Gasteiger partial charge in [-0.1, -0.05) is 24.3 Å². The molecule has 0 saturated heterocycles. The van der Waals surface area contributed by atoms with Crippen molar-refractivity contribution in [1.29, 1.82) is 0 Å². The topological polar surface area (TPSA) is 46.2 Å². The Bertz CT molecular complexity index is 680. The molecular weight excluding hydrogens is 257 g/mol. The largest absolute Gasteiger partial charge is 0.326 e. The standard InChI is InChI=1S/C16H14FNO2/c1-10-12(7-5-8-14(10)17)16(20)13-6-3-4-9-15(13)18-11(2)19/h3-9H,1-2H3,(H,18,19). The molecular formula is C16H14FNO2. The number of ketones is 1. The van der Waals surface area contributed by atoms with Gasteiger partial charge < -0.3 is 5.32 Å². The molecule has 0 radical (unpaired) electrons. The highest BCUT2D eigenvalue weighted by Gasteiger charge is 2.17. The van der Waals surface area contributed by atoms with Crippen LogP contribution in [0.5, 0.6) is 0 Å². The fourth-order valence-corrected chi connectivity index (χ4v) is 1.98. The molecule has 1 N–H and O–H groups in total. The van der Waals surface area contributed by atoms with Crippen LogP contribution in [0.3, 0.4) is 0 Å². The minimum absolute atomic E-state index is 0.263. The van der Waals surface area contributed by atoms with Crippen LogP contribution in [0.25, 0.3) is 0 Å². The first-order valence-corrected chi connectivity index (χ1v) is 6.17. The predicted molar refractivity (Wildman–Crippen MR) is 75.3 cm³/mol. The van der Waals surface area contributed by atoms with E-state index >= 15 is 0 Å². The Morgan fingerprint density at radius 1 is 1.00 bits per heavy atom. The van der Waals surface area contributed by atoms with Crippen LogP contribution in [0.15, 0.2) is 42.5 Å². The van der Waals surface area contributed by atoms with E-state index in [0.717, 1.165) is 0 Å². The van der Waals surface area contributed by atoms with Crippen molar-refractivity contribution in [2.45, 2.75) is 13.8 Å². The Morgan fingerprint density at radius 3 is 2.35 bits per heavy atom. The third-order valence-corrected chi connectivity index (χ3v) is 2.99. The molecule has 0 bridgehead atoms. The van der Waals surface area contributed by atoms with E-state index in [4.69, 9.17) is 0 Å². The fourth-order valence-electron chi connectivity index (χ4n) is 1.98. The van der Waals surface area contributed by atoms with E-state index < -0.39 is 5.82 Å². The number of benzene rings is 2. The van der Waals surface area contributed by atoms with E-state index in [1.807, 2.05) is 0 Å². The number of amides is 1. The highest BCUT2D eigenvalue weighted by atomic mass is 19.1. The molecule has 20 heavy (non-hydrogen) atoms. The summed E-state index contributed by atoms with van der Waals surface area (Å²) in [5.74, 6) is -1.000. The van der Waals surface area contributed by atoms with E-state index in [2.05, 4.69) is 5.32 Å². The van der Waals surface area contributed by atoms with Crippen LogP contribution in [0, 0.1) is 12.7 Å². The Labute approximate surface area is 116 Å². The van der Waals surface area contributed by atoms with Gasteiger partial charge in [0.05, 0.1) is 5.69 Å². The monoisotopic (exact) mass is 271 g/mol. The van der Waals surface area contributed by atoms with Gasteiger partial charge >= 0.3 is 0 Å². The zero-order valence-electron chi connectivity index (χ0n) is 11.2. The van der Waals surface area contributed by atoms with Crippen molar-refractivity contribution >= 4 is 17.4 Å². The lowest BCUT2D eigenvalue weighted by Crippen LogP contribution is -2.12. The smallest absolute Gasteiger partial charge is 0.221 e. The summed E-state index contributed by atoms with van der Waals surface area (Å²) in [4.78, 5) is 23.7. The molecule has 0 aliphatic rings. The third-order valence-electron chi connectivity index (χ3n) is 2.99. The number of rotatable bonds is 3. The lowest BCUT2D eigenvalue weighted by Gasteiger charge is -2.10. The number of nitrogens with one attached hydrogen (secondary N) is 1. The lowest BCUT2D eigenvalue weighted by molar-refractivity contribution is -0.114. The number of carbonyl (C=O) groups excluding carboxylic acids is 2. The van der Waals surface area contributed by atoms with Crippen LogP contribution in [0.4, 0.5) is 10.1 Å². The molecule has 0 aliphatic heterocycles. The predicted octanol–water partition coefficient (Wildman–Crippen LogP) is 3.32. The van der Waals surface area contributed by atoms with Crippen molar-refractivity contribution in [3.8, 4) is 0 Å². The normalized spacial score (nSPS) is 10.2. The maximum absolute atomic E-state index is 13.5. The number of halogens is 1. The van der Waals surface area contributed by atoms with Gasteiger partial charge in [-0.05, 0) is 30.7 Å². The first kappa shape index (κ1) is 13.9. The molecule has 0 atom stereocenters. The van der Waals surface area contributed by atoms with Crippen molar-refractivity contribution in [2.75, 3.05) is 5.32 Å². The van der Waals surface area contributed by atoms with E-state index in [-0.39, 0.29) is 11.7 Å². The first-order chi connectivity index (χ1) is 9.50. The van der Waals surface area contributed by atoms with E-state index in [1.54, 1.807) is 37.3 Å². The summed E-state index contributed by atoms with van der Waals surface area (Å²) in [6.07, 6.45) is 0. The third kappa shape index (κ3) is 2.74. The molecule has 2 rings (SSSR count). The van der Waals surface area contributed by atoms with Gasteiger partial charge in [0.2, 0.25) is 5.91 Å². The van der Waals surface area contributed by atoms with E-state index in [9.17, 15) is 14.0 Å². The fraction of sp³-hybridized carbons (Fsp3) is 0.125. The summed E-state index contributed by atoms with van der Waals surface area (Å²) in [5.41, 5.74) is 1.36. The van der Waals surface area contributed by atoms with Gasteiger partial charge in [0, 0.05) is 18.1 Å². The average Bonchev–Trinajstić information content (AvgIpc) is 2.41. The van der Waals surface area contributed by atoms with Crippen molar-refractivity contribution < 1.29 is 14.0 Å². The molecule has 1 amide bonds. The molecule has 0 fully saturated rings. The van der Waals surface area contributed by atoms with Gasteiger partial charge in [-0.25, -0.2) is 4.39 Å². The summed E-state index contributed by atoms with van der Waals surface area (Å²) in [6.45, 7) is 2.93. The quantitative estimate of drug-likeness (QED) is 0.870. The maximum Gasteiger partial charge on any atom is 0.221 e. The van der Waals surface area contributed by atoms with Crippen molar-refractivity contribution in [1.82, 2.24) is 0 Å². The molecule has 2 aromatic carbocycles. The van der Waals surface area contributed by atoms with Gasteiger partial charge in [0.25, 0.3) is 0 Å². The van der Waals surface area contributed by atoms with Crippen LogP contribution in [0.2, 0.25) is 0 Å². The molecule has 0 spiro atoms. The Kier molecular flexibility index (Phi) is 3.94. The summed E-state index contributed by atoms with van der Waals surface area (Å²) in [5, 5.41) is 2.60. The van der Waals surface area contributed by atoms with Crippen LogP contribution in [-0.2, 0) is 4.79 Å². The SMILES string of the molecule is CC(=O)Nc1ccccc1C(=O)c1cccc(F)c1C. The minimum Gasteiger partial charge on any atom is -0.326 e. The van der Waals surface area contributed by atoms with Crippen LogP contribution >= 0.6 is 0 Å². The minimum atomic E-state index is -0.423. The maximum atomic E-state index is 13.5. The molecule has 0 aliphatic carbocycles. The Morgan fingerprint density at radius 2 is 1.65 bits per heavy atom. The van der Waals surface area contributed by atoms with Gasteiger partial charge in [0.1, 0.15) is 5.82 Å². The zero-order valence-corrected chi connectivity index (χ0v) is 11.2. The average molecular weight is 271 g/mol. The molecule has 102 valence electrons. The summed E-state index contributed by atoms with van der Waals surface area (Å²) in [6, 6.07) is 11.1. The second kappa shape index (κ2) is 5.65. The molecule has 0 heterocycles. The van der Waals surface area contributed by atoms with Gasteiger partial charge in [-0.3, -0.25) is 9.59 Å². The first-order valence-electron chi connectivity index (χ1n) is 6.17. The molecule has 2 aromatic rings. The number of hydrogen-bond donors (Lipinski definition) is 1. The number of para-hydroxylation sites is 1. The van der Waals surface area contributed by atoms with Crippen molar-refractivity contribution in [3.05, 3.63) is 65.0 Å². The zero-order chi connectivity index (χ0) is 14.7. The number of hydrogen-bond acceptors (Lipinski definition) is 2. The van der Waals surface area contributed by atoms with Crippen LogP contribution in [0.1, 0.15) is 28.4 Å². The van der Waals surface area contributed by atoms with E-state index in [0.29, 0.717) is 22.4 Å². The Hall–Kier alpha value is -2.49. The summed E-state index contributed by atoms with van der Waals surface area (Å²) in [7, 11) is 0. The molecule has 0 aromatic heterocycles. The lowest BCUT2D eigenvalue weighted by atomic mass is 9.97. The molecule has 0 saturated carbocycles. The second-order valence-electron chi connectivity index (χ2n) is 4.47. The second-order valence-corrected chi connectivity index (χ2v) is 4.47. The summed E-state index contributed by atoms with van der Waals surface area (Å²) >= 11 is 0. The van der Waals surface area contributed by atoms with Gasteiger partial charge in [-0.15, -0.1) is 0 Å². The molecule has 0 unspecified atom stereocenters. The summed E-state index contributed by atoms with van der Waals surface area (Å²) < 4.78 is 13.5. The highest BCUT2D eigenvalue weighted by molar-refractivity contribution is 6.14. The van der Waals surface area contributed by atoms with E-state index in [1.165, 1.54) is 19.1 Å². The molecule has 3 nitrogen and oxygen atoms in total. The number of carbonyl (C=O) groups is 2. The molecule has 4 heteroatoms.